The van der Waals surface area contributed by atoms with Gasteiger partial charge in [-0.1, -0.05) is 29.8 Å². The third-order valence-electron chi connectivity index (χ3n) is 2.91. The SMILES string of the molecule is Cc1ccc(SCCNC(=O)COc2ccccc2F)cc1. The molecule has 116 valence electrons. The fourth-order valence-corrected chi connectivity index (χ4v) is 2.52. The maximum absolute atomic E-state index is 13.3. The van der Waals surface area contributed by atoms with E-state index < -0.39 is 5.82 Å². The van der Waals surface area contributed by atoms with Crippen LogP contribution in [0.3, 0.4) is 0 Å². The van der Waals surface area contributed by atoms with Crippen molar-refractivity contribution in [2.75, 3.05) is 18.9 Å². The van der Waals surface area contributed by atoms with E-state index in [2.05, 4.69) is 29.6 Å². The summed E-state index contributed by atoms with van der Waals surface area (Å²) >= 11 is 1.67. The Balaban J connectivity index is 1.64. The molecule has 2 rings (SSSR count). The number of ether oxygens (including phenoxy) is 1. The van der Waals surface area contributed by atoms with Crippen LogP contribution in [0.1, 0.15) is 5.56 Å². The second-order valence-corrected chi connectivity index (χ2v) is 5.90. The molecule has 3 nitrogen and oxygen atoms in total. The molecule has 0 saturated heterocycles. The molecule has 0 fully saturated rings. The fraction of sp³-hybridized carbons (Fsp3) is 0.235. The third kappa shape index (κ3) is 5.41. The predicted octanol–water partition coefficient (Wildman–Crippen LogP) is 3.42. The predicted molar refractivity (Wildman–Crippen MR) is 86.8 cm³/mol. The minimum atomic E-state index is -0.467. The Kier molecular flexibility index (Phi) is 6.27. The lowest BCUT2D eigenvalue weighted by molar-refractivity contribution is -0.123. The number of hydrogen-bond donors (Lipinski definition) is 1. The minimum absolute atomic E-state index is 0.0895. The van der Waals surface area contributed by atoms with Gasteiger partial charge in [0.2, 0.25) is 0 Å². The van der Waals surface area contributed by atoms with E-state index in [1.54, 1.807) is 23.9 Å². The van der Waals surface area contributed by atoms with Gasteiger partial charge < -0.3 is 10.1 Å². The Hall–Kier alpha value is -2.01. The van der Waals surface area contributed by atoms with E-state index in [1.165, 1.54) is 22.6 Å². The summed E-state index contributed by atoms with van der Waals surface area (Å²) in [6, 6.07) is 14.3. The van der Waals surface area contributed by atoms with Crippen LogP contribution in [0.25, 0.3) is 0 Å². The van der Waals surface area contributed by atoms with Gasteiger partial charge in [0.1, 0.15) is 0 Å². The number of halogens is 1. The summed E-state index contributed by atoms with van der Waals surface area (Å²) < 4.78 is 18.4. The standard InChI is InChI=1S/C17H18FNO2S/c1-13-6-8-14(9-7-13)22-11-10-19-17(20)12-21-16-5-3-2-4-15(16)18/h2-9H,10-12H2,1H3,(H,19,20). The average molecular weight is 319 g/mol. The summed E-state index contributed by atoms with van der Waals surface area (Å²) in [6.45, 7) is 2.40. The Morgan fingerprint density at radius 2 is 1.91 bits per heavy atom. The monoisotopic (exact) mass is 319 g/mol. The molecular formula is C17H18FNO2S. The highest BCUT2D eigenvalue weighted by molar-refractivity contribution is 7.99. The van der Waals surface area contributed by atoms with Crippen LogP contribution in [0, 0.1) is 12.7 Å². The molecular weight excluding hydrogens is 301 g/mol. The number of aryl methyl sites for hydroxylation is 1. The smallest absolute Gasteiger partial charge is 0.257 e. The lowest BCUT2D eigenvalue weighted by atomic mass is 10.2. The molecule has 0 unspecified atom stereocenters. The van der Waals surface area contributed by atoms with Crippen LogP contribution in [-0.4, -0.2) is 24.8 Å². The number of carbonyl (C=O) groups is 1. The number of rotatable bonds is 7. The zero-order chi connectivity index (χ0) is 15.8. The van der Waals surface area contributed by atoms with Crippen molar-refractivity contribution in [2.24, 2.45) is 0 Å². The van der Waals surface area contributed by atoms with Crippen molar-refractivity contribution in [3.8, 4) is 5.75 Å². The number of hydrogen-bond acceptors (Lipinski definition) is 3. The van der Waals surface area contributed by atoms with Gasteiger partial charge in [-0.15, -0.1) is 11.8 Å². The van der Waals surface area contributed by atoms with Gasteiger partial charge in [0, 0.05) is 17.2 Å². The maximum atomic E-state index is 13.3. The highest BCUT2D eigenvalue weighted by Gasteiger charge is 2.05. The van der Waals surface area contributed by atoms with Gasteiger partial charge in [-0.05, 0) is 31.2 Å². The van der Waals surface area contributed by atoms with Gasteiger partial charge in [0.15, 0.2) is 18.2 Å². The Bertz CT molecular complexity index is 616. The van der Waals surface area contributed by atoms with Crippen LogP contribution < -0.4 is 10.1 Å². The van der Waals surface area contributed by atoms with E-state index in [0.29, 0.717) is 6.54 Å². The molecule has 0 bridgehead atoms. The van der Waals surface area contributed by atoms with Crippen molar-refractivity contribution in [1.29, 1.82) is 0 Å². The van der Waals surface area contributed by atoms with E-state index in [-0.39, 0.29) is 18.3 Å². The molecule has 22 heavy (non-hydrogen) atoms. The highest BCUT2D eigenvalue weighted by atomic mass is 32.2. The zero-order valence-electron chi connectivity index (χ0n) is 12.3. The first-order chi connectivity index (χ1) is 10.6. The molecule has 5 heteroatoms. The molecule has 2 aromatic carbocycles. The second-order valence-electron chi connectivity index (χ2n) is 4.73. The molecule has 1 N–H and O–H groups in total. The topological polar surface area (TPSA) is 38.3 Å². The minimum Gasteiger partial charge on any atom is -0.481 e. The molecule has 0 heterocycles. The molecule has 1 amide bonds. The van der Waals surface area contributed by atoms with Gasteiger partial charge in [-0.25, -0.2) is 4.39 Å². The van der Waals surface area contributed by atoms with E-state index in [4.69, 9.17) is 4.74 Å². The first-order valence-corrected chi connectivity index (χ1v) is 7.97. The number of amides is 1. The van der Waals surface area contributed by atoms with Crippen LogP contribution in [0.5, 0.6) is 5.75 Å². The summed E-state index contributed by atoms with van der Waals surface area (Å²) in [5.41, 5.74) is 1.22. The van der Waals surface area contributed by atoms with Crippen molar-refractivity contribution >= 4 is 17.7 Å². The molecule has 0 aliphatic carbocycles. The van der Waals surface area contributed by atoms with E-state index in [0.717, 1.165) is 5.75 Å². The molecule has 0 spiro atoms. The summed E-state index contributed by atoms with van der Waals surface area (Å²) in [5, 5.41) is 2.75. The molecule has 0 aromatic heterocycles. The first kappa shape index (κ1) is 16.4. The number of benzene rings is 2. The summed E-state index contributed by atoms with van der Waals surface area (Å²) in [4.78, 5) is 12.8. The Morgan fingerprint density at radius 1 is 1.18 bits per heavy atom. The quantitative estimate of drug-likeness (QED) is 0.628. The number of nitrogens with one attached hydrogen (secondary N) is 1. The van der Waals surface area contributed by atoms with E-state index in [1.807, 2.05) is 6.92 Å². The normalized spacial score (nSPS) is 10.3. The van der Waals surface area contributed by atoms with Crippen LogP contribution >= 0.6 is 11.8 Å². The van der Waals surface area contributed by atoms with Gasteiger partial charge in [-0.3, -0.25) is 4.79 Å². The number of carbonyl (C=O) groups excluding carboxylic acids is 1. The maximum Gasteiger partial charge on any atom is 0.257 e. The van der Waals surface area contributed by atoms with Gasteiger partial charge in [0.25, 0.3) is 5.91 Å². The lowest BCUT2D eigenvalue weighted by Crippen LogP contribution is -2.30. The molecule has 0 aliphatic rings. The molecule has 0 atom stereocenters. The summed E-state index contributed by atoms with van der Waals surface area (Å²) in [7, 11) is 0. The van der Waals surface area contributed by atoms with Gasteiger partial charge in [0.05, 0.1) is 0 Å². The Morgan fingerprint density at radius 3 is 2.64 bits per heavy atom. The van der Waals surface area contributed by atoms with E-state index >= 15 is 0 Å². The molecule has 2 aromatic rings. The van der Waals surface area contributed by atoms with Crippen LogP contribution in [0.4, 0.5) is 4.39 Å². The third-order valence-corrected chi connectivity index (χ3v) is 3.92. The fourth-order valence-electron chi connectivity index (χ4n) is 1.75. The lowest BCUT2D eigenvalue weighted by Gasteiger charge is -2.08. The van der Waals surface area contributed by atoms with Crippen molar-refractivity contribution in [3.63, 3.8) is 0 Å². The summed E-state index contributed by atoms with van der Waals surface area (Å²) in [6.07, 6.45) is 0. The molecule has 0 radical (unpaired) electrons. The van der Waals surface area contributed by atoms with Gasteiger partial charge in [-0.2, -0.15) is 0 Å². The summed E-state index contributed by atoms with van der Waals surface area (Å²) in [5.74, 6) is 0.138. The first-order valence-electron chi connectivity index (χ1n) is 6.98. The molecule has 0 aliphatic heterocycles. The molecule has 0 saturated carbocycles. The average Bonchev–Trinajstić information content (AvgIpc) is 2.52. The van der Waals surface area contributed by atoms with Crippen LogP contribution in [0.2, 0.25) is 0 Å². The van der Waals surface area contributed by atoms with E-state index in [9.17, 15) is 9.18 Å². The number of thioether (sulfide) groups is 1. The van der Waals surface area contributed by atoms with Crippen molar-refractivity contribution < 1.29 is 13.9 Å². The number of para-hydroxylation sites is 1. The highest BCUT2D eigenvalue weighted by Crippen LogP contribution is 2.17. The second kappa shape index (κ2) is 8.44. The van der Waals surface area contributed by atoms with Crippen molar-refractivity contribution in [1.82, 2.24) is 5.32 Å². The zero-order valence-corrected chi connectivity index (χ0v) is 13.2. The van der Waals surface area contributed by atoms with Crippen LogP contribution in [0.15, 0.2) is 53.4 Å². The largest absolute Gasteiger partial charge is 0.481 e. The Labute approximate surface area is 133 Å². The van der Waals surface area contributed by atoms with Crippen molar-refractivity contribution in [2.45, 2.75) is 11.8 Å². The van der Waals surface area contributed by atoms with Crippen molar-refractivity contribution in [3.05, 3.63) is 59.9 Å². The van der Waals surface area contributed by atoms with Crippen LogP contribution in [-0.2, 0) is 4.79 Å². The van der Waals surface area contributed by atoms with Gasteiger partial charge >= 0.3 is 0 Å².